The van der Waals surface area contributed by atoms with Crippen LogP contribution in [-0.2, 0) is 9.68 Å². The summed E-state index contributed by atoms with van der Waals surface area (Å²) < 4.78 is 0. The van der Waals surface area contributed by atoms with E-state index in [9.17, 15) is 4.79 Å². The molecule has 0 amide bonds. The lowest BCUT2D eigenvalue weighted by atomic mass is 10.3. The summed E-state index contributed by atoms with van der Waals surface area (Å²) in [6.45, 7) is 3.48. The molecule has 0 rings (SSSR count). The summed E-state index contributed by atoms with van der Waals surface area (Å²) >= 11 is 0. The Morgan fingerprint density at radius 3 is 2.80 bits per heavy atom. The molecule has 1 N–H and O–H groups in total. The number of hydrogen-bond acceptors (Lipinski definition) is 3. The molecule has 0 aromatic rings. The SMILES string of the molecule is C=CCC=CCC(=O)OO. The summed E-state index contributed by atoms with van der Waals surface area (Å²) in [4.78, 5) is 13.6. The van der Waals surface area contributed by atoms with Crippen molar-refractivity contribution in [2.45, 2.75) is 12.8 Å². The van der Waals surface area contributed by atoms with Crippen molar-refractivity contribution < 1.29 is 14.9 Å². The minimum atomic E-state index is -0.652. The number of carbonyl (C=O) groups is 1. The molecular weight excluding hydrogens is 132 g/mol. The number of allylic oxidation sites excluding steroid dienone is 2. The highest BCUT2D eigenvalue weighted by Gasteiger charge is 1.94. The monoisotopic (exact) mass is 142 g/mol. The third kappa shape index (κ3) is 5.05. The summed E-state index contributed by atoms with van der Waals surface area (Å²) in [6, 6.07) is 0. The highest BCUT2D eigenvalue weighted by atomic mass is 17.1. The van der Waals surface area contributed by atoms with Gasteiger partial charge in [-0.1, -0.05) is 18.2 Å². The first-order valence-electron chi connectivity index (χ1n) is 2.91. The normalized spacial score (nSPS) is 9.70. The van der Waals surface area contributed by atoms with Crippen molar-refractivity contribution >= 4 is 5.97 Å². The third-order valence-corrected chi connectivity index (χ3v) is 0.856. The number of carbonyl (C=O) groups excluding carboxylic acids is 1. The van der Waals surface area contributed by atoms with Gasteiger partial charge in [0, 0.05) is 0 Å². The fraction of sp³-hybridized carbons (Fsp3) is 0.286. The molecule has 0 aliphatic carbocycles. The van der Waals surface area contributed by atoms with Crippen LogP contribution >= 0.6 is 0 Å². The van der Waals surface area contributed by atoms with Crippen LogP contribution in [0.5, 0.6) is 0 Å². The van der Waals surface area contributed by atoms with Gasteiger partial charge in [-0.3, -0.25) is 0 Å². The highest BCUT2D eigenvalue weighted by Crippen LogP contribution is 1.89. The van der Waals surface area contributed by atoms with E-state index >= 15 is 0 Å². The third-order valence-electron chi connectivity index (χ3n) is 0.856. The molecule has 0 unspecified atom stereocenters. The van der Waals surface area contributed by atoms with Gasteiger partial charge in [0.15, 0.2) is 0 Å². The van der Waals surface area contributed by atoms with Crippen molar-refractivity contribution in [3.05, 3.63) is 24.8 Å². The molecule has 0 aliphatic heterocycles. The zero-order chi connectivity index (χ0) is 7.82. The van der Waals surface area contributed by atoms with Gasteiger partial charge in [0.2, 0.25) is 0 Å². The fourth-order valence-corrected chi connectivity index (χ4v) is 0.409. The van der Waals surface area contributed by atoms with E-state index in [1.54, 1.807) is 18.2 Å². The molecule has 10 heavy (non-hydrogen) atoms. The maximum Gasteiger partial charge on any atom is 0.345 e. The molecule has 0 heterocycles. The quantitative estimate of drug-likeness (QED) is 0.368. The maximum atomic E-state index is 10.2. The molecular formula is C7H10O3. The molecule has 0 radical (unpaired) electrons. The average Bonchev–Trinajstić information content (AvgIpc) is 1.98. The molecule has 0 spiro atoms. The molecule has 3 heteroatoms. The summed E-state index contributed by atoms with van der Waals surface area (Å²) in [5.41, 5.74) is 0. The Bertz CT molecular complexity index is 138. The number of rotatable bonds is 4. The molecule has 0 saturated heterocycles. The van der Waals surface area contributed by atoms with Gasteiger partial charge in [0.05, 0.1) is 6.42 Å². The molecule has 0 aliphatic rings. The summed E-state index contributed by atoms with van der Waals surface area (Å²) in [5.74, 6) is -0.652. The van der Waals surface area contributed by atoms with Crippen LogP contribution in [-0.4, -0.2) is 11.2 Å². The Balaban J connectivity index is 3.33. The van der Waals surface area contributed by atoms with E-state index in [-0.39, 0.29) is 6.42 Å². The van der Waals surface area contributed by atoms with Gasteiger partial charge in [-0.25, -0.2) is 4.79 Å². The molecule has 0 saturated carbocycles. The van der Waals surface area contributed by atoms with Crippen molar-refractivity contribution in [2.24, 2.45) is 0 Å². The lowest BCUT2D eigenvalue weighted by Crippen LogP contribution is -1.97. The Labute approximate surface area is 59.5 Å². The van der Waals surface area contributed by atoms with Crippen molar-refractivity contribution in [1.29, 1.82) is 0 Å². The van der Waals surface area contributed by atoms with E-state index in [2.05, 4.69) is 11.5 Å². The zero-order valence-electron chi connectivity index (χ0n) is 5.62. The van der Waals surface area contributed by atoms with Crippen molar-refractivity contribution in [3.63, 3.8) is 0 Å². The van der Waals surface area contributed by atoms with Crippen LogP contribution in [0.1, 0.15) is 12.8 Å². The molecule has 0 atom stereocenters. The summed E-state index contributed by atoms with van der Waals surface area (Å²) in [5, 5.41) is 7.79. The van der Waals surface area contributed by atoms with Crippen molar-refractivity contribution in [1.82, 2.24) is 0 Å². The second kappa shape index (κ2) is 6.04. The summed E-state index contributed by atoms with van der Waals surface area (Å²) in [7, 11) is 0. The van der Waals surface area contributed by atoms with Gasteiger partial charge in [0.25, 0.3) is 0 Å². The van der Waals surface area contributed by atoms with Gasteiger partial charge >= 0.3 is 5.97 Å². The van der Waals surface area contributed by atoms with Gasteiger partial charge < -0.3 is 4.89 Å². The van der Waals surface area contributed by atoms with Crippen molar-refractivity contribution in [2.75, 3.05) is 0 Å². The molecule has 0 aromatic heterocycles. The Morgan fingerprint density at radius 1 is 1.60 bits per heavy atom. The van der Waals surface area contributed by atoms with Crippen LogP contribution in [0.15, 0.2) is 24.8 Å². The molecule has 0 aromatic carbocycles. The standard InChI is InChI=1S/C7H10O3/c1-2-3-4-5-6-7(8)10-9/h2,4-5,9H,1,3,6H2. The Hall–Kier alpha value is -1.09. The van der Waals surface area contributed by atoms with E-state index in [0.29, 0.717) is 0 Å². The summed E-state index contributed by atoms with van der Waals surface area (Å²) in [6.07, 6.45) is 5.91. The smallest absolute Gasteiger partial charge is 0.301 e. The maximum absolute atomic E-state index is 10.2. The van der Waals surface area contributed by atoms with Crippen LogP contribution in [0, 0.1) is 0 Å². The minimum absolute atomic E-state index is 0.102. The van der Waals surface area contributed by atoms with E-state index in [4.69, 9.17) is 5.26 Å². The lowest BCUT2D eigenvalue weighted by molar-refractivity contribution is -0.233. The second-order valence-corrected chi connectivity index (χ2v) is 1.66. The molecule has 3 nitrogen and oxygen atoms in total. The molecule has 56 valence electrons. The predicted octanol–water partition coefficient (Wildman–Crippen LogP) is 1.52. The molecule has 0 bridgehead atoms. The topological polar surface area (TPSA) is 46.5 Å². The van der Waals surface area contributed by atoms with Crippen LogP contribution in [0.25, 0.3) is 0 Å². The second-order valence-electron chi connectivity index (χ2n) is 1.66. The van der Waals surface area contributed by atoms with E-state index in [1.807, 2.05) is 0 Å². The van der Waals surface area contributed by atoms with Gasteiger partial charge in [-0.05, 0) is 6.42 Å². The molecule has 0 fully saturated rings. The number of hydrogen-bond donors (Lipinski definition) is 1. The fourth-order valence-electron chi connectivity index (χ4n) is 0.409. The van der Waals surface area contributed by atoms with Gasteiger partial charge in [-0.15, -0.1) is 6.58 Å². The van der Waals surface area contributed by atoms with E-state index < -0.39 is 5.97 Å². The van der Waals surface area contributed by atoms with E-state index in [0.717, 1.165) is 6.42 Å². The first kappa shape index (κ1) is 8.91. The van der Waals surface area contributed by atoms with Crippen molar-refractivity contribution in [3.8, 4) is 0 Å². The van der Waals surface area contributed by atoms with E-state index in [1.165, 1.54) is 0 Å². The minimum Gasteiger partial charge on any atom is -0.301 e. The highest BCUT2D eigenvalue weighted by molar-refractivity contribution is 5.70. The van der Waals surface area contributed by atoms with Gasteiger partial charge in [0.1, 0.15) is 0 Å². The van der Waals surface area contributed by atoms with Crippen LogP contribution in [0.2, 0.25) is 0 Å². The lowest BCUT2D eigenvalue weighted by Gasteiger charge is -1.87. The van der Waals surface area contributed by atoms with Crippen LogP contribution in [0.4, 0.5) is 0 Å². The largest absolute Gasteiger partial charge is 0.345 e. The first-order chi connectivity index (χ1) is 4.81. The predicted molar refractivity (Wildman–Crippen MR) is 37.3 cm³/mol. The Kier molecular flexibility index (Phi) is 5.38. The Morgan fingerprint density at radius 2 is 2.30 bits per heavy atom. The first-order valence-corrected chi connectivity index (χ1v) is 2.91. The van der Waals surface area contributed by atoms with Crippen LogP contribution in [0.3, 0.4) is 0 Å². The van der Waals surface area contributed by atoms with Crippen LogP contribution < -0.4 is 0 Å². The van der Waals surface area contributed by atoms with Gasteiger partial charge in [-0.2, -0.15) is 5.26 Å². The average molecular weight is 142 g/mol. The zero-order valence-corrected chi connectivity index (χ0v) is 5.62.